The number of carbonyl (C=O) groups excluding carboxylic acids is 1. The third-order valence-corrected chi connectivity index (χ3v) is 2.72. The Kier molecular flexibility index (Phi) is 4.91. The van der Waals surface area contributed by atoms with E-state index in [2.05, 4.69) is 11.3 Å². The van der Waals surface area contributed by atoms with Crippen molar-refractivity contribution < 1.29 is 41.0 Å². The molecule has 0 heterocycles. The zero-order valence-electron chi connectivity index (χ0n) is 10.8. The maximum atomic E-state index is 12.5. The number of halogens is 6. The van der Waals surface area contributed by atoms with Crippen molar-refractivity contribution in [3.63, 3.8) is 0 Å². The summed E-state index contributed by atoms with van der Waals surface area (Å²) < 4.78 is 79.4. The number of alkyl halides is 6. The van der Waals surface area contributed by atoms with Crippen LogP contribution in [-0.2, 0) is 4.79 Å². The second-order valence-corrected chi connectivity index (χ2v) is 4.16. The largest absolute Gasteiger partial charge is 0.485 e. The normalized spacial score (nSPS) is 12.9. The van der Waals surface area contributed by atoms with Crippen LogP contribution in [0.2, 0.25) is 0 Å². The van der Waals surface area contributed by atoms with Gasteiger partial charge in [-0.1, -0.05) is 30.9 Å². The van der Waals surface area contributed by atoms with Crippen molar-refractivity contribution in [1.29, 1.82) is 0 Å². The molecular formula is C13H10F6O3. The molecule has 0 aliphatic rings. The lowest BCUT2D eigenvalue weighted by atomic mass is 9.97. The van der Waals surface area contributed by atoms with Gasteiger partial charge < -0.3 is 9.84 Å². The van der Waals surface area contributed by atoms with Gasteiger partial charge in [0.2, 0.25) is 5.78 Å². The summed E-state index contributed by atoms with van der Waals surface area (Å²) in [6, 6.07) is 5.57. The van der Waals surface area contributed by atoms with E-state index < -0.39 is 30.3 Å². The summed E-state index contributed by atoms with van der Waals surface area (Å²) in [5.74, 6) is -2.70. The number of para-hydroxylation sites is 1. The Labute approximate surface area is 120 Å². The van der Waals surface area contributed by atoms with Crippen molar-refractivity contribution in [2.24, 2.45) is 0 Å². The van der Waals surface area contributed by atoms with Gasteiger partial charge in [0, 0.05) is 5.56 Å². The van der Waals surface area contributed by atoms with Crippen molar-refractivity contribution >= 4 is 11.9 Å². The van der Waals surface area contributed by atoms with Gasteiger partial charge in [-0.25, -0.2) is 0 Å². The monoisotopic (exact) mass is 328 g/mol. The lowest BCUT2D eigenvalue weighted by molar-refractivity contribution is -0.350. The molecule has 0 fully saturated rings. The van der Waals surface area contributed by atoms with Gasteiger partial charge >= 0.3 is 18.0 Å². The molecule has 0 saturated heterocycles. The van der Waals surface area contributed by atoms with E-state index in [9.17, 15) is 31.1 Å². The standard InChI is InChI=1S/C13H10F6O3/c1-2-8-5-3-4-6-9(8)22-7-10(20)11(21,12(14,15)16)13(17,18)19/h2-6,21H,1,7H2. The predicted molar refractivity (Wildman–Crippen MR) is 64.1 cm³/mol. The lowest BCUT2D eigenvalue weighted by Crippen LogP contribution is -2.63. The van der Waals surface area contributed by atoms with Gasteiger partial charge in [0.15, 0.2) is 6.61 Å². The molecule has 1 rings (SSSR count). The zero-order valence-corrected chi connectivity index (χ0v) is 10.8. The fourth-order valence-corrected chi connectivity index (χ4v) is 1.51. The SMILES string of the molecule is C=Cc1ccccc1OCC(=O)C(O)(C(F)(F)F)C(F)(F)F. The molecule has 3 nitrogen and oxygen atoms in total. The van der Waals surface area contributed by atoms with Crippen LogP contribution < -0.4 is 4.74 Å². The minimum Gasteiger partial charge on any atom is -0.485 e. The van der Waals surface area contributed by atoms with E-state index in [1.807, 2.05) is 0 Å². The Morgan fingerprint density at radius 1 is 1.14 bits per heavy atom. The van der Waals surface area contributed by atoms with Crippen molar-refractivity contribution in [3.8, 4) is 5.75 Å². The highest BCUT2D eigenvalue weighted by Gasteiger charge is 2.74. The smallest absolute Gasteiger partial charge is 0.433 e. The van der Waals surface area contributed by atoms with E-state index in [0.29, 0.717) is 0 Å². The van der Waals surface area contributed by atoms with Crippen molar-refractivity contribution in [3.05, 3.63) is 36.4 Å². The molecule has 0 aliphatic carbocycles. The van der Waals surface area contributed by atoms with Crippen LogP contribution in [0.1, 0.15) is 5.56 Å². The Hall–Kier alpha value is -2.03. The molecule has 9 heteroatoms. The average molecular weight is 328 g/mol. The third-order valence-electron chi connectivity index (χ3n) is 2.72. The predicted octanol–water partition coefficient (Wildman–Crippen LogP) is 3.13. The van der Waals surface area contributed by atoms with E-state index in [-0.39, 0.29) is 11.3 Å². The molecule has 22 heavy (non-hydrogen) atoms. The molecule has 0 amide bonds. The summed E-state index contributed by atoms with van der Waals surface area (Å²) in [4.78, 5) is 11.3. The van der Waals surface area contributed by atoms with Gasteiger partial charge in [0.25, 0.3) is 0 Å². The number of hydrogen-bond acceptors (Lipinski definition) is 3. The highest BCUT2D eigenvalue weighted by molar-refractivity contribution is 5.90. The number of hydrogen-bond donors (Lipinski definition) is 1. The fourth-order valence-electron chi connectivity index (χ4n) is 1.51. The van der Waals surface area contributed by atoms with Crippen LogP contribution in [0.4, 0.5) is 26.3 Å². The summed E-state index contributed by atoms with van der Waals surface area (Å²) in [7, 11) is 0. The molecule has 0 atom stereocenters. The second kappa shape index (κ2) is 5.99. The molecule has 122 valence electrons. The maximum Gasteiger partial charge on any atom is 0.433 e. The average Bonchev–Trinajstić information content (AvgIpc) is 2.41. The first-order chi connectivity index (χ1) is 9.95. The van der Waals surface area contributed by atoms with Crippen LogP contribution in [0.15, 0.2) is 30.8 Å². The number of carbonyl (C=O) groups is 1. The summed E-state index contributed by atoms with van der Waals surface area (Å²) in [6.07, 6.45) is -11.2. The van der Waals surface area contributed by atoms with E-state index in [1.165, 1.54) is 30.3 Å². The molecule has 0 bridgehead atoms. The quantitative estimate of drug-likeness (QED) is 0.845. The summed E-state index contributed by atoms with van der Waals surface area (Å²) in [6.45, 7) is 1.76. The molecular weight excluding hydrogens is 318 g/mol. The van der Waals surface area contributed by atoms with Crippen LogP contribution in [0, 0.1) is 0 Å². The van der Waals surface area contributed by atoms with Gasteiger partial charge in [0.1, 0.15) is 5.75 Å². The molecule has 1 aromatic rings. The van der Waals surface area contributed by atoms with E-state index in [4.69, 9.17) is 5.11 Å². The number of ether oxygens (including phenoxy) is 1. The number of aliphatic hydroxyl groups is 1. The van der Waals surface area contributed by atoms with Crippen LogP contribution in [0.5, 0.6) is 5.75 Å². The first kappa shape index (κ1) is 18.0. The van der Waals surface area contributed by atoms with Gasteiger partial charge in [-0.05, 0) is 6.07 Å². The van der Waals surface area contributed by atoms with E-state index in [1.54, 1.807) is 0 Å². The van der Waals surface area contributed by atoms with Crippen molar-refractivity contribution in [2.45, 2.75) is 18.0 Å². The molecule has 0 spiro atoms. The Morgan fingerprint density at radius 3 is 2.09 bits per heavy atom. The summed E-state index contributed by atoms with van der Waals surface area (Å²) in [5.41, 5.74) is -5.22. The molecule has 0 aromatic heterocycles. The summed E-state index contributed by atoms with van der Waals surface area (Å²) >= 11 is 0. The van der Waals surface area contributed by atoms with E-state index >= 15 is 0 Å². The number of Topliss-reactive ketones (excluding diaryl/α,β-unsaturated/α-hetero) is 1. The first-order valence-electron chi connectivity index (χ1n) is 5.68. The second-order valence-electron chi connectivity index (χ2n) is 4.16. The van der Waals surface area contributed by atoms with Gasteiger partial charge in [0.05, 0.1) is 0 Å². The van der Waals surface area contributed by atoms with Gasteiger partial charge in [-0.15, -0.1) is 0 Å². The Bertz CT molecular complexity index is 548. The third kappa shape index (κ3) is 3.24. The molecule has 0 radical (unpaired) electrons. The highest BCUT2D eigenvalue weighted by Crippen LogP contribution is 2.43. The van der Waals surface area contributed by atoms with Crippen molar-refractivity contribution in [2.75, 3.05) is 6.61 Å². The van der Waals surface area contributed by atoms with Gasteiger partial charge in [-0.2, -0.15) is 26.3 Å². The molecule has 0 aliphatic heterocycles. The maximum absolute atomic E-state index is 12.5. The molecule has 0 saturated carbocycles. The van der Waals surface area contributed by atoms with Crippen LogP contribution in [-0.4, -0.2) is 35.5 Å². The number of rotatable bonds is 5. The zero-order chi connectivity index (χ0) is 17.2. The van der Waals surface area contributed by atoms with Crippen LogP contribution in [0.3, 0.4) is 0 Å². The van der Waals surface area contributed by atoms with E-state index in [0.717, 1.165) is 0 Å². The molecule has 1 aromatic carbocycles. The number of benzene rings is 1. The number of ketones is 1. The topological polar surface area (TPSA) is 46.5 Å². The fraction of sp³-hybridized carbons (Fsp3) is 0.308. The first-order valence-corrected chi connectivity index (χ1v) is 5.68. The van der Waals surface area contributed by atoms with Gasteiger partial charge in [-0.3, -0.25) is 4.79 Å². The Balaban J connectivity index is 3.02. The Morgan fingerprint density at radius 2 is 1.64 bits per heavy atom. The summed E-state index contributed by atoms with van der Waals surface area (Å²) in [5, 5.41) is 8.86. The lowest BCUT2D eigenvalue weighted by Gasteiger charge is -2.30. The van der Waals surface area contributed by atoms with Crippen molar-refractivity contribution in [1.82, 2.24) is 0 Å². The minimum absolute atomic E-state index is 0.141. The van der Waals surface area contributed by atoms with Crippen LogP contribution in [0.25, 0.3) is 6.08 Å². The molecule has 0 unspecified atom stereocenters. The highest BCUT2D eigenvalue weighted by atomic mass is 19.4. The molecule has 1 N–H and O–H groups in total. The minimum atomic E-state index is -6.22. The van der Waals surface area contributed by atoms with Crippen LogP contribution >= 0.6 is 0 Å².